The molecule has 0 unspecified atom stereocenters. The molecule has 33 heavy (non-hydrogen) atoms. The summed E-state index contributed by atoms with van der Waals surface area (Å²) in [6, 6.07) is 15.7. The highest BCUT2D eigenvalue weighted by Crippen LogP contribution is 2.31. The van der Waals surface area contributed by atoms with Gasteiger partial charge in [0, 0.05) is 36.1 Å². The predicted molar refractivity (Wildman–Crippen MR) is 130 cm³/mol. The van der Waals surface area contributed by atoms with E-state index in [-0.39, 0.29) is 10.8 Å². The number of aromatic nitrogens is 2. The fourth-order valence-corrected chi connectivity index (χ4v) is 6.30. The molecule has 4 aromatic rings. The van der Waals surface area contributed by atoms with Crippen LogP contribution in [0.25, 0.3) is 20.9 Å². The number of fused-ring (bicyclic) bond motifs is 1. The first-order valence-corrected chi connectivity index (χ1v) is 12.9. The minimum atomic E-state index is -3.50. The second-order valence-electron chi connectivity index (χ2n) is 7.97. The lowest BCUT2D eigenvalue weighted by Gasteiger charge is -2.15. The van der Waals surface area contributed by atoms with Gasteiger partial charge in [0.05, 0.1) is 4.90 Å². The number of amides is 1. The van der Waals surface area contributed by atoms with Crippen LogP contribution in [-0.2, 0) is 10.0 Å². The normalized spacial score (nSPS) is 14.6. The van der Waals surface area contributed by atoms with E-state index in [2.05, 4.69) is 15.3 Å². The first-order valence-electron chi connectivity index (χ1n) is 10.7. The molecule has 1 amide bonds. The van der Waals surface area contributed by atoms with E-state index in [0.29, 0.717) is 24.3 Å². The molecular weight excluding hydrogens is 456 g/mol. The molecule has 0 spiro atoms. The number of aryl methyl sites for hydroxylation is 1. The molecule has 5 rings (SSSR count). The number of pyridine rings is 1. The Balaban J connectivity index is 1.32. The lowest BCUT2D eigenvalue weighted by atomic mass is 10.1. The molecule has 9 heteroatoms. The highest BCUT2D eigenvalue weighted by molar-refractivity contribution is 7.89. The van der Waals surface area contributed by atoms with Crippen molar-refractivity contribution in [3.8, 4) is 10.6 Å². The third-order valence-corrected chi connectivity index (χ3v) is 8.65. The van der Waals surface area contributed by atoms with Crippen LogP contribution in [-0.4, -0.2) is 41.7 Å². The third kappa shape index (κ3) is 4.27. The van der Waals surface area contributed by atoms with Crippen LogP contribution in [0.15, 0.2) is 65.7 Å². The first-order chi connectivity index (χ1) is 15.9. The van der Waals surface area contributed by atoms with Crippen LogP contribution in [0.1, 0.15) is 28.8 Å². The maximum absolute atomic E-state index is 12.8. The molecule has 0 saturated carbocycles. The van der Waals surface area contributed by atoms with Gasteiger partial charge in [-0.1, -0.05) is 11.3 Å². The second kappa shape index (κ2) is 8.66. The average molecular weight is 479 g/mol. The molecule has 0 radical (unpaired) electrons. The van der Waals surface area contributed by atoms with Crippen molar-refractivity contribution in [3.63, 3.8) is 0 Å². The molecule has 1 N–H and O–H groups in total. The molecule has 2 aromatic heterocycles. The summed E-state index contributed by atoms with van der Waals surface area (Å²) in [5.41, 5.74) is 3.82. The molecule has 3 heterocycles. The van der Waals surface area contributed by atoms with E-state index in [1.165, 1.54) is 27.8 Å². The molecule has 0 atom stereocenters. The lowest BCUT2D eigenvalue weighted by Crippen LogP contribution is -2.27. The maximum atomic E-state index is 12.8. The summed E-state index contributed by atoms with van der Waals surface area (Å²) in [6.45, 7) is 3.02. The highest BCUT2D eigenvalue weighted by Gasteiger charge is 2.27. The van der Waals surface area contributed by atoms with Crippen molar-refractivity contribution in [2.24, 2.45) is 0 Å². The topological polar surface area (TPSA) is 92.3 Å². The average Bonchev–Trinajstić information content (AvgIpc) is 3.51. The monoisotopic (exact) mass is 478 g/mol. The van der Waals surface area contributed by atoms with E-state index in [4.69, 9.17) is 0 Å². The van der Waals surface area contributed by atoms with Crippen molar-refractivity contribution in [1.29, 1.82) is 0 Å². The predicted octanol–water partition coefficient (Wildman–Crippen LogP) is 4.70. The minimum absolute atomic E-state index is 0.215. The molecule has 0 bridgehead atoms. The van der Waals surface area contributed by atoms with Crippen LogP contribution in [0.3, 0.4) is 0 Å². The van der Waals surface area contributed by atoms with Crippen LogP contribution >= 0.6 is 11.3 Å². The fourth-order valence-electron chi connectivity index (χ4n) is 3.88. The Morgan fingerprint density at radius 3 is 2.52 bits per heavy atom. The van der Waals surface area contributed by atoms with Gasteiger partial charge in [0.1, 0.15) is 15.4 Å². The van der Waals surface area contributed by atoms with E-state index in [1.807, 2.05) is 37.3 Å². The van der Waals surface area contributed by atoms with Crippen molar-refractivity contribution in [1.82, 2.24) is 14.3 Å². The van der Waals surface area contributed by atoms with E-state index in [1.54, 1.807) is 18.3 Å². The molecule has 1 aliphatic heterocycles. The van der Waals surface area contributed by atoms with Crippen LogP contribution < -0.4 is 5.32 Å². The van der Waals surface area contributed by atoms with Gasteiger partial charge in [-0.05, 0) is 79.9 Å². The number of hydrogen-bond acceptors (Lipinski definition) is 6. The summed E-state index contributed by atoms with van der Waals surface area (Å²) in [6.07, 6.45) is 3.52. The molecule has 1 aliphatic rings. The highest BCUT2D eigenvalue weighted by atomic mass is 32.2. The molecule has 7 nitrogen and oxygen atoms in total. The SMILES string of the molecule is Cc1cc(-c2nc3cccnc3s2)ccc1NC(=O)c1ccc(S(=O)(=O)N2CCCC2)cc1. The summed E-state index contributed by atoms with van der Waals surface area (Å²) >= 11 is 1.53. The standard InChI is InChI=1S/C24H22N4O3S2/c1-16-15-18(23-27-21-5-4-12-25-24(21)32-23)8-11-20(16)26-22(29)17-6-9-19(10-7-17)33(30,31)28-13-2-3-14-28/h4-12,15H,2-3,13-14H2,1H3,(H,26,29). The van der Waals surface area contributed by atoms with E-state index in [9.17, 15) is 13.2 Å². The number of rotatable bonds is 5. The quantitative estimate of drug-likeness (QED) is 0.449. The molecular formula is C24H22N4O3S2. The number of anilines is 1. The lowest BCUT2D eigenvalue weighted by molar-refractivity contribution is 0.102. The van der Waals surface area contributed by atoms with Gasteiger partial charge in [0.2, 0.25) is 10.0 Å². The van der Waals surface area contributed by atoms with Crippen molar-refractivity contribution in [3.05, 3.63) is 71.9 Å². The van der Waals surface area contributed by atoms with Crippen molar-refractivity contribution in [2.75, 3.05) is 18.4 Å². The Bertz CT molecular complexity index is 1410. The number of carbonyl (C=O) groups excluding carboxylic acids is 1. The van der Waals surface area contributed by atoms with Crippen LogP contribution in [0.2, 0.25) is 0 Å². The molecule has 1 saturated heterocycles. The van der Waals surface area contributed by atoms with Gasteiger partial charge >= 0.3 is 0 Å². The Morgan fingerprint density at radius 1 is 1.06 bits per heavy atom. The molecule has 2 aromatic carbocycles. The Kier molecular flexibility index (Phi) is 5.69. The van der Waals surface area contributed by atoms with Gasteiger partial charge in [-0.25, -0.2) is 18.4 Å². The maximum Gasteiger partial charge on any atom is 0.255 e. The third-order valence-electron chi connectivity index (χ3n) is 5.71. The number of carbonyl (C=O) groups is 1. The number of hydrogen-bond donors (Lipinski definition) is 1. The smallest absolute Gasteiger partial charge is 0.255 e. The largest absolute Gasteiger partial charge is 0.322 e. The minimum Gasteiger partial charge on any atom is -0.322 e. The van der Waals surface area contributed by atoms with Crippen LogP contribution in [0, 0.1) is 6.92 Å². The van der Waals surface area contributed by atoms with E-state index < -0.39 is 10.0 Å². The second-order valence-corrected chi connectivity index (χ2v) is 10.9. The number of benzene rings is 2. The zero-order valence-corrected chi connectivity index (χ0v) is 19.6. The number of nitrogens with zero attached hydrogens (tertiary/aromatic N) is 3. The van der Waals surface area contributed by atoms with Crippen molar-refractivity contribution < 1.29 is 13.2 Å². The Labute approximate surface area is 196 Å². The van der Waals surface area contributed by atoms with Crippen LogP contribution in [0.4, 0.5) is 5.69 Å². The summed E-state index contributed by atoms with van der Waals surface area (Å²) in [7, 11) is -3.50. The summed E-state index contributed by atoms with van der Waals surface area (Å²) < 4.78 is 26.8. The van der Waals surface area contributed by atoms with Gasteiger partial charge in [-0.15, -0.1) is 0 Å². The van der Waals surface area contributed by atoms with Gasteiger partial charge in [-0.3, -0.25) is 4.79 Å². The zero-order chi connectivity index (χ0) is 23.0. The summed E-state index contributed by atoms with van der Waals surface area (Å²) in [5.74, 6) is -0.292. The Hall–Kier alpha value is -3.14. The fraction of sp³-hybridized carbons (Fsp3) is 0.208. The van der Waals surface area contributed by atoms with Crippen LogP contribution in [0.5, 0.6) is 0 Å². The van der Waals surface area contributed by atoms with Gasteiger partial charge in [0.25, 0.3) is 5.91 Å². The van der Waals surface area contributed by atoms with Crippen molar-refractivity contribution in [2.45, 2.75) is 24.7 Å². The zero-order valence-electron chi connectivity index (χ0n) is 18.0. The van der Waals surface area contributed by atoms with Gasteiger partial charge in [-0.2, -0.15) is 4.31 Å². The summed E-state index contributed by atoms with van der Waals surface area (Å²) in [5, 5.41) is 3.79. The Morgan fingerprint density at radius 2 is 1.82 bits per heavy atom. The van der Waals surface area contributed by atoms with E-state index in [0.717, 1.165) is 39.3 Å². The molecule has 168 valence electrons. The number of nitrogens with one attached hydrogen (secondary N) is 1. The molecule has 0 aliphatic carbocycles. The van der Waals surface area contributed by atoms with Crippen molar-refractivity contribution >= 4 is 43.3 Å². The number of thiazole rings is 1. The molecule has 1 fully saturated rings. The first kappa shape index (κ1) is 21.7. The van der Waals surface area contributed by atoms with E-state index >= 15 is 0 Å². The number of sulfonamides is 1. The van der Waals surface area contributed by atoms with Gasteiger partial charge < -0.3 is 5.32 Å². The van der Waals surface area contributed by atoms with Gasteiger partial charge in [0.15, 0.2) is 0 Å². The summed E-state index contributed by atoms with van der Waals surface area (Å²) in [4.78, 5) is 22.8.